The molecule has 7 heteroatoms. The predicted molar refractivity (Wildman–Crippen MR) is 68.4 cm³/mol. The fourth-order valence-electron chi connectivity index (χ4n) is 2.36. The van der Waals surface area contributed by atoms with Gasteiger partial charge in [-0.3, -0.25) is 5.10 Å². The van der Waals surface area contributed by atoms with Crippen LogP contribution in [0.5, 0.6) is 0 Å². The van der Waals surface area contributed by atoms with E-state index in [4.69, 9.17) is 10.00 Å². The number of aromatic amines is 1. The molecule has 102 valence electrons. The molecule has 0 spiro atoms. The van der Waals surface area contributed by atoms with Gasteiger partial charge >= 0.3 is 0 Å². The summed E-state index contributed by atoms with van der Waals surface area (Å²) in [5.41, 5.74) is 0.594. The van der Waals surface area contributed by atoms with Crippen molar-refractivity contribution >= 4 is 5.69 Å². The SMILES string of the molecule is N#Cc1c(F)cccc1N1CCOC[C@@H]1c1ncn[nH]1. The van der Waals surface area contributed by atoms with Crippen LogP contribution in [0, 0.1) is 17.1 Å². The van der Waals surface area contributed by atoms with Gasteiger partial charge in [-0.2, -0.15) is 10.4 Å². The van der Waals surface area contributed by atoms with Crippen molar-refractivity contribution in [2.45, 2.75) is 6.04 Å². The Kier molecular flexibility index (Phi) is 3.31. The van der Waals surface area contributed by atoms with E-state index in [0.717, 1.165) is 0 Å². The minimum absolute atomic E-state index is 0.0407. The third-order valence-electron chi connectivity index (χ3n) is 3.29. The van der Waals surface area contributed by atoms with Crippen molar-refractivity contribution in [1.82, 2.24) is 15.2 Å². The monoisotopic (exact) mass is 273 g/mol. The summed E-state index contributed by atoms with van der Waals surface area (Å²) in [6.45, 7) is 1.49. The summed E-state index contributed by atoms with van der Waals surface area (Å²) < 4.78 is 19.2. The summed E-state index contributed by atoms with van der Waals surface area (Å²) in [5, 5.41) is 15.8. The number of aromatic nitrogens is 3. The van der Waals surface area contributed by atoms with E-state index in [9.17, 15) is 4.39 Å². The zero-order valence-corrected chi connectivity index (χ0v) is 10.6. The van der Waals surface area contributed by atoms with Gasteiger partial charge in [-0.1, -0.05) is 6.07 Å². The van der Waals surface area contributed by atoms with Crippen LogP contribution in [0.3, 0.4) is 0 Å². The van der Waals surface area contributed by atoms with Crippen LogP contribution < -0.4 is 4.90 Å². The number of benzene rings is 1. The Hall–Kier alpha value is -2.46. The van der Waals surface area contributed by atoms with Gasteiger partial charge in [0.1, 0.15) is 35.6 Å². The number of halogens is 1. The molecular formula is C13H12FN5O. The van der Waals surface area contributed by atoms with Crippen molar-refractivity contribution in [2.24, 2.45) is 0 Å². The van der Waals surface area contributed by atoms with Crippen LogP contribution in [0.25, 0.3) is 0 Å². The zero-order chi connectivity index (χ0) is 13.9. The molecule has 6 nitrogen and oxygen atoms in total. The fourth-order valence-corrected chi connectivity index (χ4v) is 2.36. The van der Waals surface area contributed by atoms with Gasteiger partial charge < -0.3 is 9.64 Å². The lowest BCUT2D eigenvalue weighted by Gasteiger charge is -2.36. The van der Waals surface area contributed by atoms with Gasteiger partial charge in [-0.25, -0.2) is 9.37 Å². The minimum atomic E-state index is -0.521. The second-order valence-corrected chi connectivity index (χ2v) is 4.40. The van der Waals surface area contributed by atoms with Gasteiger partial charge in [0.05, 0.1) is 18.9 Å². The first-order chi connectivity index (χ1) is 9.81. The number of morpholine rings is 1. The normalized spacial score (nSPS) is 18.8. The quantitative estimate of drug-likeness (QED) is 0.894. The Balaban J connectivity index is 2.03. The van der Waals surface area contributed by atoms with E-state index in [-0.39, 0.29) is 11.6 Å². The average molecular weight is 273 g/mol. The van der Waals surface area contributed by atoms with Crippen molar-refractivity contribution < 1.29 is 9.13 Å². The molecule has 1 aromatic heterocycles. The molecule has 1 saturated heterocycles. The zero-order valence-electron chi connectivity index (χ0n) is 10.6. The number of rotatable bonds is 2. The predicted octanol–water partition coefficient (Wildman–Crippen LogP) is 1.39. The molecule has 0 radical (unpaired) electrons. The summed E-state index contributed by atoms with van der Waals surface area (Å²) in [5.74, 6) is 0.116. The molecule has 1 aliphatic heterocycles. The molecule has 0 amide bonds. The molecule has 2 aromatic rings. The molecule has 1 aliphatic rings. The Bertz CT molecular complexity index is 637. The maximum absolute atomic E-state index is 13.8. The first kappa shape index (κ1) is 12.6. The third-order valence-corrected chi connectivity index (χ3v) is 3.29. The van der Waals surface area contributed by atoms with Gasteiger partial charge in [0, 0.05) is 6.54 Å². The number of hydrogen-bond donors (Lipinski definition) is 1. The molecular weight excluding hydrogens is 261 g/mol. The van der Waals surface area contributed by atoms with Gasteiger partial charge in [-0.15, -0.1) is 0 Å². The minimum Gasteiger partial charge on any atom is -0.377 e. The molecule has 0 unspecified atom stereocenters. The highest BCUT2D eigenvalue weighted by Gasteiger charge is 2.29. The Morgan fingerprint density at radius 2 is 2.40 bits per heavy atom. The molecule has 0 bridgehead atoms. The molecule has 1 N–H and O–H groups in total. The fraction of sp³-hybridized carbons (Fsp3) is 0.308. The topological polar surface area (TPSA) is 77.8 Å². The summed E-state index contributed by atoms with van der Waals surface area (Å²) in [6.07, 6.45) is 1.42. The lowest BCUT2D eigenvalue weighted by atomic mass is 10.1. The van der Waals surface area contributed by atoms with Gasteiger partial charge in [0.2, 0.25) is 0 Å². The number of anilines is 1. The van der Waals surface area contributed by atoms with E-state index in [1.54, 1.807) is 12.1 Å². The summed E-state index contributed by atoms with van der Waals surface area (Å²) in [4.78, 5) is 6.05. The van der Waals surface area contributed by atoms with E-state index in [1.165, 1.54) is 12.4 Å². The molecule has 1 fully saturated rings. The Morgan fingerprint density at radius 1 is 1.50 bits per heavy atom. The highest BCUT2D eigenvalue weighted by molar-refractivity contribution is 5.61. The van der Waals surface area contributed by atoms with Gasteiger partial charge in [0.15, 0.2) is 0 Å². The Labute approximate surface area is 114 Å². The highest BCUT2D eigenvalue weighted by atomic mass is 19.1. The number of H-pyrrole nitrogens is 1. The largest absolute Gasteiger partial charge is 0.377 e. The highest BCUT2D eigenvalue weighted by Crippen LogP contribution is 2.31. The van der Waals surface area contributed by atoms with Crippen LogP contribution in [-0.4, -0.2) is 34.9 Å². The smallest absolute Gasteiger partial charge is 0.149 e. The van der Waals surface area contributed by atoms with E-state index < -0.39 is 5.82 Å². The number of ether oxygens (including phenoxy) is 1. The van der Waals surface area contributed by atoms with Crippen molar-refractivity contribution in [3.05, 3.63) is 41.7 Å². The van der Waals surface area contributed by atoms with Gasteiger partial charge in [0.25, 0.3) is 0 Å². The van der Waals surface area contributed by atoms with E-state index in [1.807, 2.05) is 11.0 Å². The third kappa shape index (κ3) is 2.10. The van der Waals surface area contributed by atoms with E-state index in [0.29, 0.717) is 31.3 Å². The number of hydrogen-bond acceptors (Lipinski definition) is 5. The first-order valence-electron chi connectivity index (χ1n) is 6.19. The summed E-state index contributed by atoms with van der Waals surface area (Å²) in [6, 6.07) is 6.33. The second-order valence-electron chi connectivity index (χ2n) is 4.40. The number of nitrogens with one attached hydrogen (secondary N) is 1. The van der Waals surface area contributed by atoms with Crippen LogP contribution in [0.1, 0.15) is 17.4 Å². The number of nitrogens with zero attached hydrogens (tertiary/aromatic N) is 4. The van der Waals surface area contributed by atoms with Crippen LogP contribution in [0.2, 0.25) is 0 Å². The molecule has 0 aliphatic carbocycles. The standard InChI is InChI=1S/C13H12FN5O/c14-10-2-1-3-11(9(10)6-15)19-4-5-20-7-12(19)13-16-8-17-18-13/h1-3,8,12H,4-5,7H2,(H,16,17,18)/t12-/m1/s1. The molecule has 0 saturated carbocycles. The molecule has 20 heavy (non-hydrogen) atoms. The van der Waals surface area contributed by atoms with Crippen LogP contribution in [0.15, 0.2) is 24.5 Å². The van der Waals surface area contributed by atoms with Crippen molar-refractivity contribution in [3.63, 3.8) is 0 Å². The molecule has 1 atom stereocenters. The molecule has 1 aromatic carbocycles. The summed E-state index contributed by atoms with van der Waals surface area (Å²) >= 11 is 0. The first-order valence-corrected chi connectivity index (χ1v) is 6.19. The van der Waals surface area contributed by atoms with E-state index >= 15 is 0 Å². The lowest BCUT2D eigenvalue weighted by Crippen LogP contribution is -2.40. The average Bonchev–Trinajstić information content (AvgIpc) is 3.01. The van der Waals surface area contributed by atoms with Gasteiger partial charge in [-0.05, 0) is 12.1 Å². The van der Waals surface area contributed by atoms with E-state index in [2.05, 4.69) is 15.2 Å². The van der Waals surface area contributed by atoms with Crippen molar-refractivity contribution in [1.29, 1.82) is 5.26 Å². The maximum atomic E-state index is 13.8. The maximum Gasteiger partial charge on any atom is 0.149 e. The van der Waals surface area contributed by atoms with Crippen molar-refractivity contribution in [3.8, 4) is 6.07 Å². The second kappa shape index (κ2) is 5.27. The lowest BCUT2D eigenvalue weighted by molar-refractivity contribution is 0.0918. The summed E-state index contributed by atoms with van der Waals surface area (Å²) in [7, 11) is 0. The number of nitriles is 1. The molecule has 3 rings (SSSR count). The van der Waals surface area contributed by atoms with Crippen LogP contribution >= 0.6 is 0 Å². The van der Waals surface area contributed by atoms with Crippen molar-refractivity contribution in [2.75, 3.05) is 24.7 Å². The molecule has 2 heterocycles. The Morgan fingerprint density at radius 3 is 3.15 bits per heavy atom. The van der Waals surface area contributed by atoms with Crippen LogP contribution in [-0.2, 0) is 4.74 Å². The van der Waals surface area contributed by atoms with Crippen LogP contribution in [0.4, 0.5) is 10.1 Å².